The summed E-state index contributed by atoms with van der Waals surface area (Å²) in [6, 6.07) is 13.5. The summed E-state index contributed by atoms with van der Waals surface area (Å²) in [6.07, 6.45) is 3.24. The van der Waals surface area contributed by atoms with Crippen molar-refractivity contribution >= 4 is 34.0 Å². The first kappa shape index (κ1) is 21.0. The molecule has 0 unspecified atom stereocenters. The molecular formula is C18H22Cl2N2O3S. The Bertz CT molecular complexity index is 821. The maximum absolute atomic E-state index is 12.5. The quantitative estimate of drug-likeness (QED) is 0.768. The molecule has 1 aliphatic carbocycles. The van der Waals surface area contributed by atoms with Crippen LogP contribution in [0.25, 0.3) is 0 Å². The first-order valence-electron chi connectivity index (χ1n) is 8.24. The number of nitrogens with two attached hydrogens (primary N) is 1. The predicted molar refractivity (Wildman–Crippen MR) is 106 cm³/mol. The topological polar surface area (TPSA) is 81.4 Å². The van der Waals surface area contributed by atoms with E-state index in [2.05, 4.69) is 4.72 Å². The average Bonchev–Trinajstić information content (AvgIpc) is 2.57. The molecule has 0 atom stereocenters. The summed E-state index contributed by atoms with van der Waals surface area (Å²) in [7, 11) is -3.54. The van der Waals surface area contributed by atoms with Crippen molar-refractivity contribution in [1.82, 2.24) is 4.72 Å². The zero-order chi connectivity index (χ0) is 17.9. The van der Waals surface area contributed by atoms with Gasteiger partial charge in [0.25, 0.3) is 0 Å². The van der Waals surface area contributed by atoms with Crippen LogP contribution in [0, 0.1) is 0 Å². The van der Waals surface area contributed by atoms with Crippen LogP contribution in [0.5, 0.6) is 11.5 Å². The third kappa shape index (κ3) is 5.59. The molecule has 2 aromatic rings. The summed E-state index contributed by atoms with van der Waals surface area (Å²) in [5.41, 5.74) is 5.86. The van der Waals surface area contributed by atoms with Crippen LogP contribution in [-0.2, 0) is 10.0 Å². The summed E-state index contributed by atoms with van der Waals surface area (Å²) in [6.45, 7) is 0. The van der Waals surface area contributed by atoms with Crippen LogP contribution in [0.4, 0.5) is 0 Å². The lowest BCUT2D eigenvalue weighted by Crippen LogP contribution is -2.40. The van der Waals surface area contributed by atoms with Crippen molar-refractivity contribution in [3.05, 3.63) is 53.6 Å². The minimum absolute atomic E-state index is 0. The van der Waals surface area contributed by atoms with Crippen LogP contribution < -0.4 is 15.2 Å². The van der Waals surface area contributed by atoms with Crippen LogP contribution in [0.3, 0.4) is 0 Å². The second-order valence-electron chi connectivity index (χ2n) is 6.26. The number of sulfonamides is 1. The van der Waals surface area contributed by atoms with Crippen LogP contribution in [0.1, 0.15) is 25.7 Å². The van der Waals surface area contributed by atoms with Crippen LogP contribution in [-0.4, -0.2) is 20.5 Å². The lowest BCUT2D eigenvalue weighted by molar-refractivity contribution is 0.373. The van der Waals surface area contributed by atoms with Crippen molar-refractivity contribution < 1.29 is 13.2 Å². The number of hydrogen-bond acceptors (Lipinski definition) is 4. The molecule has 1 aliphatic rings. The Kier molecular flexibility index (Phi) is 7.32. The van der Waals surface area contributed by atoms with Crippen molar-refractivity contribution in [3.8, 4) is 11.5 Å². The number of halogens is 2. The zero-order valence-electron chi connectivity index (χ0n) is 14.1. The molecule has 3 rings (SSSR count). The van der Waals surface area contributed by atoms with E-state index in [4.69, 9.17) is 22.1 Å². The third-order valence-corrected chi connectivity index (χ3v) is 6.03. The van der Waals surface area contributed by atoms with Gasteiger partial charge < -0.3 is 10.5 Å². The van der Waals surface area contributed by atoms with Crippen molar-refractivity contribution in [3.63, 3.8) is 0 Å². The molecule has 0 radical (unpaired) electrons. The highest BCUT2D eigenvalue weighted by molar-refractivity contribution is 7.89. The molecule has 0 aliphatic heterocycles. The van der Waals surface area contributed by atoms with Gasteiger partial charge in [-0.2, -0.15) is 0 Å². The van der Waals surface area contributed by atoms with E-state index in [1.807, 2.05) is 0 Å². The number of hydrogen-bond donors (Lipinski definition) is 2. The molecular weight excluding hydrogens is 395 g/mol. The van der Waals surface area contributed by atoms with Gasteiger partial charge in [-0.15, -0.1) is 12.4 Å². The largest absolute Gasteiger partial charge is 0.457 e. The van der Waals surface area contributed by atoms with Gasteiger partial charge in [-0.25, -0.2) is 13.1 Å². The lowest BCUT2D eigenvalue weighted by atomic mass is 9.93. The molecule has 142 valence electrons. The normalized spacial score (nSPS) is 20.2. The fraction of sp³-hybridized carbons (Fsp3) is 0.333. The highest BCUT2D eigenvalue weighted by atomic mass is 35.5. The number of nitrogens with one attached hydrogen (secondary N) is 1. The van der Waals surface area contributed by atoms with Gasteiger partial charge in [0.05, 0.1) is 4.90 Å². The SMILES string of the molecule is Cl.NC1CCC(NS(=O)(=O)c2ccc(Oc3cccc(Cl)c3)cc2)CC1. The van der Waals surface area contributed by atoms with E-state index < -0.39 is 10.0 Å². The van der Waals surface area contributed by atoms with E-state index >= 15 is 0 Å². The maximum atomic E-state index is 12.5. The van der Waals surface area contributed by atoms with Crippen molar-refractivity contribution in [2.24, 2.45) is 5.73 Å². The van der Waals surface area contributed by atoms with E-state index in [9.17, 15) is 8.42 Å². The van der Waals surface area contributed by atoms with E-state index in [0.717, 1.165) is 25.7 Å². The molecule has 3 N–H and O–H groups in total. The Hall–Kier alpha value is -1.31. The van der Waals surface area contributed by atoms with Crippen molar-refractivity contribution in [2.45, 2.75) is 42.7 Å². The fourth-order valence-electron chi connectivity index (χ4n) is 2.88. The van der Waals surface area contributed by atoms with Gasteiger partial charge in [0.1, 0.15) is 11.5 Å². The first-order chi connectivity index (χ1) is 11.9. The summed E-state index contributed by atoms with van der Waals surface area (Å²) in [5, 5.41) is 0.577. The standard InChI is InChI=1S/C18H21ClN2O3S.ClH/c19-13-2-1-3-17(12-13)24-16-8-10-18(11-9-16)25(22,23)21-15-6-4-14(20)5-7-15;/h1-3,8-12,14-15,21H,4-7,20H2;1H. The van der Waals surface area contributed by atoms with Crippen LogP contribution in [0.15, 0.2) is 53.4 Å². The highest BCUT2D eigenvalue weighted by Crippen LogP contribution is 2.26. The second-order valence-corrected chi connectivity index (χ2v) is 8.41. The molecule has 1 fully saturated rings. The molecule has 0 heterocycles. The zero-order valence-corrected chi connectivity index (χ0v) is 16.5. The molecule has 0 bridgehead atoms. The molecule has 1 saturated carbocycles. The molecule has 26 heavy (non-hydrogen) atoms. The molecule has 0 saturated heterocycles. The smallest absolute Gasteiger partial charge is 0.240 e. The summed E-state index contributed by atoms with van der Waals surface area (Å²) < 4.78 is 33.4. The summed E-state index contributed by atoms with van der Waals surface area (Å²) in [4.78, 5) is 0.223. The van der Waals surface area contributed by atoms with Crippen LogP contribution >= 0.6 is 24.0 Å². The minimum atomic E-state index is -3.54. The number of ether oxygens (including phenoxy) is 1. The second kappa shape index (κ2) is 9.06. The molecule has 0 amide bonds. The average molecular weight is 417 g/mol. The molecule has 0 aromatic heterocycles. The van der Waals surface area contributed by atoms with E-state index in [-0.39, 0.29) is 29.4 Å². The van der Waals surface area contributed by atoms with Crippen molar-refractivity contribution in [1.29, 1.82) is 0 Å². The van der Waals surface area contributed by atoms with Gasteiger partial charge in [0.15, 0.2) is 0 Å². The minimum Gasteiger partial charge on any atom is -0.457 e. The molecule has 5 nitrogen and oxygen atoms in total. The Balaban J connectivity index is 0.00000243. The van der Waals surface area contributed by atoms with Crippen molar-refractivity contribution in [2.75, 3.05) is 0 Å². The summed E-state index contributed by atoms with van der Waals surface area (Å²) in [5.74, 6) is 1.14. The van der Waals surface area contributed by atoms with Gasteiger partial charge in [-0.05, 0) is 68.1 Å². The van der Waals surface area contributed by atoms with Gasteiger partial charge in [0, 0.05) is 17.1 Å². The van der Waals surface area contributed by atoms with Gasteiger partial charge in [-0.3, -0.25) is 0 Å². The monoisotopic (exact) mass is 416 g/mol. The van der Waals surface area contributed by atoms with E-state index in [1.54, 1.807) is 36.4 Å². The molecule has 0 spiro atoms. The van der Waals surface area contributed by atoms with Crippen LogP contribution in [0.2, 0.25) is 5.02 Å². The highest BCUT2D eigenvalue weighted by Gasteiger charge is 2.24. The Morgan fingerprint density at radius 1 is 1.00 bits per heavy atom. The van der Waals surface area contributed by atoms with Gasteiger partial charge in [-0.1, -0.05) is 17.7 Å². The Labute approximate surface area is 165 Å². The Morgan fingerprint density at radius 3 is 2.27 bits per heavy atom. The first-order valence-corrected chi connectivity index (χ1v) is 10.1. The fourth-order valence-corrected chi connectivity index (χ4v) is 4.36. The molecule has 8 heteroatoms. The molecule has 2 aromatic carbocycles. The van der Waals surface area contributed by atoms with Gasteiger partial charge in [0.2, 0.25) is 10.0 Å². The summed E-state index contributed by atoms with van der Waals surface area (Å²) >= 11 is 5.92. The maximum Gasteiger partial charge on any atom is 0.240 e. The number of benzene rings is 2. The van der Waals surface area contributed by atoms with E-state index in [0.29, 0.717) is 16.5 Å². The lowest BCUT2D eigenvalue weighted by Gasteiger charge is -2.26. The Morgan fingerprint density at radius 2 is 1.65 bits per heavy atom. The third-order valence-electron chi connectivity index (χ3n) is 4.26. The van der Waals surface area contributed by atoms with Gasteiger partial charge >= 0.3 is 0 Å². The number of rotatable bonds is 5. The van der Waals surface area contributed by atoms with E-state index in [1.165, 1.54) is 12.1 Å². The predicted octanol–water partition coefficient (Wildman–Crippen LogP) is 4.10.